The summed E-state index contributed by atoms with van der Waals surface area (Å²) in [5.74, 6) is 0.283. The second-order valence-corrected chi connectivity index (χ2v) is 8.78. The van der Waals surface area contributed by atoms with Gasteiger partial charge in [0.05, 0.1) is 22.1 Å². The highest BCUT2D eigenvalue weighted by Crippen LogP contribution is 2.27. The van der Waals surface area contributed by atoms with Crippen LogP contribution in [0.5, 0.6) is 0 Å². The molecule has 2 heterocycles. The average molecular weight is 495 g/mol. The molecular weight excluding hydrogens is 468 g/mol. The molecule has 9 heteroatoms. The molecule has 35 heavy (non-hydrogen) atoms. The van der Waals surface area contributed by atoms with Crippen molar-refractivity contribution in [3.05, 3.63) is 76.9 Å². The zero-order valence-electron chi connectivity index (χ0n) is 19.1. The SMILES string of the molecule is O=C(O)Nc1ccccc1NC(=O)c1ccc(-c2ncc(CNCC3CCOCC3)cc2Cl)cc1. The number of halogens is 1. The number of para-hydroxylation sites is 2. The number of benzene rings is 2. The summed E-state index contributed by atoms with van der Waals surface area (Å²) < 4.78 is 5.40. The highest BCUT2D eigenvalue weighted by atomic mass is 35.5. The number of carboxylic acid groups (broad SMARTS) is 1. The summed E-state index contributed by atoms with van der Waals surface area (Å²) in [5.41, 5.74) is 3.53. The minimum atomic E-state index is -1.21. The normalized spacial score (nSPS) is 13.9. The van der Waals surface area contributed by atoms with Gasteiger partial charge in [-0.15, -0.1) is 0 Å². The predicted molar refractivity (Wildman–Crippen MR) is 136 cm³/mol. The van der Waals surface area contributed by atoms with E-state index in [1.54, 1.807) is 48.5 Å². The van der Waals surface area contributed by atoms with Crippen molar-refractivity contribution in [1.29, 1.82) is 0 Å². The maximum absolute atomic E-state index is 12.7. The molecule has 1 aromatic heterocycles. The summed E-state index contributed by atoms with van der Waals surface area (Å²) >= 11 is 6.52. The molecule has 1 saturated heterocycles. The molecular formula is C26H27ClN4O4. The number of nitrogens with zero attached hydrogens (tertiary/aromatic N) is 1. The summed E-state index contributed by atoms with van der Waals surface area (Å²) in [6.07, 6.45) is 2.78. The van der Waals surface area contributed by atoms with Gasteiger partial charge in [0.15, 0.2) is 0 Å². The number of ether oxygens (including phenoxy) is 1. The van der Waals surface area contributed by atoms with Crippen molar-refractivity contribution < 1.29 is 19.4 Å². The number of aromatic nitrogens is 1. The van der Waals surface area contributed by atoms with Crippen molar-refractivity contribution in [2.75, 3.05) is 30.4 Å². The number of hydrogen-bond acceptors (Lipinski definition) is 5. The van der Waals surface area contributed by atoms with Gasteiger partial charge in [-0.3, -0.25) is 15.1 Å². The first-order chi connectivity index (χ1) is 17.0. The first kappa shape index (κ1) is 24.7. The molecule has 0 atom stereocenters. The van der Waals surface area contributed by atoms with Crippen molar-refractivity contribution in [1.82, 2.24) is 10.3 Å². The molecule has 4 rings (SSSR count). The van der Waals surface area contributed by atoms with Gasteiger partial charge in [-0.2, -0.15) is 0 Å². The lowest BCUT2D eigenvalue weighted by Gasteiger charge is -2.22. The standard InChI is InChI=1S/C26H27ClN4O4/c27-21-13-18(15-28-14-17-9-11-35-12-10-17)16-29-24(21)19-5-7-20(8-6-19)25(32)30-22-3-1-2-4-23(22)31-26(33)34/h1-8,13,16-17,28,31H,9-12,14-15H2,(H,30,32)(H,33,34). The number of nitrogens with one attached hydrogen (secondary N) is 3. The first-order valence-corrected chi connectivity index (χ1v) is 11.8. The molecule has 8 nitrogen and oxygen atoms in total. The van der Waals surface area contributed by atoms with Crippen molar-refractivity contribution in [3.63, 3.8) is 0 Å². The van der Waals surface area contributed by atoms with Crippen LogP contribution in [-0.4, -0.2) is 41.8 Å². The van der Waals surface area contributed by atoms with Crippen LogP contribution in [0.3, 0.4) is 0 Å². The van der Waals surface area contributed by atoms with E-state index in [1.165, 1.54) is 0 Å². The summed E-state index contributed by atoms with van der Waals surface area (Å²) in [5, 5.41) is 18.0. The van der Waals surface area contributed by atoms with Gasteiger partial charge in [-0.05, 0) is 61.2 Å². The second kappa shape index (κ2) is 11.8. The fourth-order valence-corrected chi connectivity index (χ4v) is 4.25. The first-order valence-electron chi connectivity index (χ1n) is 11.4. The van der Waals surface area contributed by atoms with Gasteiger partial charge in [0.25, 0.3) is 5.91 Å². The molecule has 1 aliphatic rings. The van der Waals surface area contributed by atoms with Crippen LogP contribution in [0.15, 0.2) is 60.8 Å². The van der Waals surface area contributed by atoms with Crippen molar-refractivity contribution >= 4 is 35.0 Å². The Labute approximate surface area is 208 Å². The van der Waals surface area contributed by atoms with E-state index in [1.807, 2.05) is 12.3 Å². The van der Waals surface area contributed by atoms with Crippen molar-refractivity contribution in [3.8, 4) is 11.3 Å². The number of pyridine rings is 1. The number of anilines is 2. The van der Waals surface area contributed by atoms with E-state index >= 15 is 0 Å². The molecule has 0 radical (unpaired) electrons. The number of rotatable bonds is 8. The third-order valence-corrected chi connectivity index (χ3v) is 6.13. The van der Waals surface area contributed by atoms with Gasteiger partial charge in [-0.25, -0.2) is 4.79 Å². The molecule has 1 aliphatic heterocycles. The number of carbonyl (C=O) groups is 2. The average Bonchev–Trinajstić information content (AvgIpc) is 2.86. The Morgan fingerprint density at radius 1 is 1.03 bits per heavy atom. The molecule has 3 aromatic rings. The largest absolute Gasteiger partial charge is 0.465 e. The summed E-state index contributed by atoms with van der Waals surface area (Å²) in [6, 6.07) is 15.4. The van der Waals surface area contributed by atoms with Crippen LogP contribution in [-0.2, 0) is 11.3 Å². The highest BCUT2D eigenvalue weighted by Gasteiger charge is 2.14. The fourth-order valence-electron chi connectivity index (χ4n) is 3.95. The minimum Gasteiger partial charge on any atom is -0.465 e. The molecule has 4 N–H and O–H groups in total. The highest BCUT2D eigenvalue weighted by molar-refractivity contribution is 6.33. The smallest absolute Gasteiger partial charge is 0.409 e. The van der Waals surface area contributed by atoms with Crippen LogP contribution in [0, 0.1) is 5.92 Å². The van der Waals surface area contributed by atoms with Crippen LogP contribution in [0.25, 0.3) is 11.3 Å². The quantitative estimate of drug-likeness (QED) is 0.340. The van der Waals surface area contributed by atoms with Crippen LogP contribution >= 0.6 is 11.6 Å². The topological polar surface area (TPSA) is 113 Å². The van der Waals surface area contributed by atoms with Gasteiger partial charge in [0.2, 0.25) is 0 Å². The molecule has 2 aromatic carbocycles. The fraction of sp³-hybridized carbons (Fsp3) is 0.269. The van der Waals surface area contributed by atoms with E-state index in [-0.39, 0.29) is 5.91 Å². The Morgan fingerprint density at radius 2 is 1.71 bits per heavy atom. The molecule has 182 valence electrons. The van der Waals surface area contributed by atoms with Crippen molar-refractivity contribution in [2.24, 2.45) is 5.92 Å². The second-order valence-electron chi connectivity index (χ2n) is 8.37. The van der Waals surface area contributed by atoms with Gasteiger partial charge >= 0.3 is 6.09 Å². The number of amides is 2. The van der Waals surface area contributed by atoms with Crippen LogP contribution < -0.4 is 16.0 Å². The summed E-state index contributed by atoms with van der Waals surface area (Å²) in [4.78, 5) is 28.2. The predicted octanol–water partition coefficient (Wildman–Crippen LogP) is 5.26. The Hall–Kier alpha value is -3.46. The van der Waals surface area contributed by atoms with Gasteiger partial charge in [-0.1, -0.05) is 35.9 Å². The maximum atomic E-state index is 12.7. The summed E-state index contributed by atoms with van der Waals surface area (Å²) in [7, 11) is 0. The van der Waals surface area contributed by atoms with E-state index in [2.05, 4.69) is 20.9 Å². The molecule has 0 unspecified atom stereocenters. The zero-order chi connectivity index (χ0) is 24.6. The Balaban J connectivity index is 1.37. The molecule has 0 bridgehead atoms. The molecule has 0 spiro atoms. The Kier molecular flexibility index (Phi) is 8.31. The lowest BCUT2D eigenvalue weighted by Crippen LogP contribution is -2.27. The van der Waals surface area contributed by atoms with Crippen LogP contribution in [0.1, 0.15) is 28.8 Å². The monoisotopic (exact) mass is 494 g/mol. The zero-order valence-corrected chi connectivity index (χ0v) is 19.8. The molecule has 2 amide bonds. The lowest BCUT2D eigenvalue weighted by atomic mass is 10.0. The van der Waals surface area contributed by atoms with Crippen molar-refractivity contribution in [2.45, 2.75) is 19.4 Å². The molecule has 0 saturated carbocycles. The van der Waals surface area contributed by atoms with E-state index in [0.717, 1.165) is 43.7 Å². The third kappa shape index (κ3) is 6.79. The van der Waals surface area contributed by atoms with E-state index in [4.69, 9.17) is 21.4 Å². The molecule has 0 aliphatic carbocycles. The van der Waals surface area contributed by atoms with E-state index in [9.17, 15) is 9.59 Å². The van der Waals surface area contributed by atoms with E-state index in [0.29, 0.717) is 40.1 Å². The van der Waals surface area contributed by atoms with E-state index < -0.39 is 6.09 Å². The Morgan fingerprint density at radius 3 is 2.37 bits per heavy atom. The maximum Gasteiger partial charge on any atom is 0.409 e. The van der Waals surface area contributed by atoms with Crippen LogP contribution in [0.4, 0.5) is 16.2 Å². The van der Waals surface area contributed by atoms with Gasteiger partial charge in [0, 0.05) is 37.1 Å². The Bertz CT molecular complexity index is 1180. The number of hydrogen-bond donors (Lipinski definition) is 4. The lowest BCUT2D eigenvalue weighted by molar-refractivity contribution is 0.0662. The minimum absolute atomic E-state index is 0.295. The number of carbonyl (C=O) groups excluding carboxylic acids is 1. The third-order valence-electron chi connectivity index (χ3n) is 5.84. The van der Waals surface area contributed by atoms with Gasteiger partial charge in [0.1, 0.15) is 0 Å². The van der Waals surface area contributed by atoms with Gasteiger partial charge < -0.3 is 20.5 Å². The summed E-state index contributed by atoms with van der Waals surface area (Å²) in [6.45, 7) is 3.32. The molecule has 1 fully saturated rings. The van der Waals surface area contributed by atoms with Crippen LogP contribution in [0.2, 0.25) is 5.02 Å².